The fourth-order valence-corrected chi connectivity index (χ4v) is 3.22. The number of rotatable bonds is 7. The molecule has 5 nitrogen and oxygen atoms in total. The molecule has 0 bridgehead atoms. The lowest BCUT2D eigenvalue weighted by molar-refractivity contribution is 0.456. The Bertz CT molecular complexity index is 576. The van der Waals surface area contributed by atoms with Crippen molar-refractivity contribution in [2.45, 2.75) is 47.2 Å². The molecule has 21 heavy (non-hydrogen) atoms. The molecule has 0 radical (unpaired) electrons. The van der Waals surface area contributed by atoms with Gasteiger partial charge in [0.05, 0.1) is 12.6 Å². The van der Waals surface area contributed by atoms with Crippen LogP contribution in [0.3, 0.4) is 0 Å². The summed E-state index contributed by atoms with van der Waals surface area (Å²) in [7, 11) is 0. The maximum absolute atomic E-state index is 5.61. The Kier molecular flexibility index (Phi) is 5.36. The van der Waals surface area contributed by atoms with Gasteiger partial charge in [0, 0.05) is 9.75 Å². The van der Waals surface area contributed by atoms with Crippen molar-refractivity contribution in [3.63, 3.8) is 0 Å². The Morgan fingerprint density at radius 3 is 2.62 bits per heavy atom. The highest BCUT2D eigenvalue weighted by Gasteiger charge is 2.14. The number of hydrogen-bond acceptors (Lipinski definition) is 6. The second kappa shape index (κ2) is 7.04. The van der Waals surface area contributed by atoms with Gasteiger partial charge in [-0.05, 0) is 44.9 Å². The van der Waals surface area contributed by atoms with E-state index in [2.05, 4.69) is 61.5 Å². The quantitative estimate of drug-likeness (QED) is 0.817. The van der Waals surface area contributed by atoms with Crippen molar-refractivity contribution in [3.8, 4) is 0 Å². The highest BCUT2D eigenvalue weighted by molar-refractivity contribution is 7.12. The summed E-state index contributed by atoms with van der Waals surface area (Å²) in [6, 6.07) is 2.85. The van der Waals surface area contributed by atoms with Gasteiger partial charge in [-0.2, -0.15) is 0 Å². The van der Waals surface area contributed by atoms with E-state index in [0.29, 0.717) is 24.4 Å². The molecule has 0 saturated heterocycles. The Morgan fingerprint density at radius 2 is 2.00 bits per heavy atom. The molecular weight excluding hydrogens is 284 g/mol. The number of anilines is 1. The Hall–Kier alpha value is -1.40. The van der Waals surface area contributed by atoms with Gasteiger partial charge in [-0.15, -0.1) is 16.4 Å². The third-order valence-corrected chi connectivity index (χ3v) is 4.16. The average molecular weight is 308 g/mol. The van der Waals surface area contributed by atoms with E-state index in [1.807, 2.05) is 11.3 Å². The van der Waals surface area contributed by atoms with Crippen LogP contribution in [-0.2, 0) is 6.54 Å². The predicted octanol–water partition coefficient (Wildman–Crippen LogP) is 3.67. The molecule has 2 heterocycles. The summed E-state index contributed by atoms with van der Waals surface area (Å²) in [5.74, 6) is 1.22. The van der Waals surface area contributed by atoms with E-state index in [9.17, 15) is 0 Å². The summed E-state index contributed by atoms with van der Waals surface area (Å²) in [5.41, 5.74) is 1.29. The minimum absolute atomic E-state index is 0.159. The van der Waals surface area contributed by atoms with E-state index in [1.165, 1.54) is 15.3 Å². The first kappa shape index (κ1) is 16.0. The monoisotopic (exact) mass is 308 g/mol. The molecule has 1 atom stereocenters. The second-order valence-corrected chi connectivity index (χ2v) is 7.22. The molecule has 0 aliphatic rings. The molecule has 2 aromatic heterocycles. The van der Waals surface area contributed by atoms with Gasteiger partial charge < -0.3 is 15.1 Å². The zero-order valence-electron chi connectivity index (χ0n) is 13.4. The van der Waals surface area contributed by atoms with E-state index in [-0.39, 0.29) is 6.04 Å². The highest BCUT2D eigenvalue weighted by Crippen LogP contribution is 2.28. The molecule has 6 heteroatoms. The van der Waals surface area contributed by atoms with Gasteiger partial charge in [0.25, 0.3) is 0 Å². The molecule has 0 spiro atoms. The minimum Gasteiger partial charge on any atom is -0.407 e. The van der Waals surface area contributed by atoms with Crippen LogP contribution in [0.15, 0.2) is 10.5 Å². The molecule has 0 aromatic carbocycles. The molecular formula is C15H24N4OS. The average Bonchev–Trinajstić information content (AvgIpc) is 2.95. The first-order chi connectivity index (χ1) is 9.95. The van der Waals surface area contributed by atoms with Gasteiger partial charge in [-0.3, -0.25) is 0 Å². The number of aryl methyl sites for hydroxylation is 2. The Labute approximate surface area is 130 Å². The third kappa shape index (κ3) is 4.54. The van der Waals surface area contributed by atoms with Crippen LogP contribution in [0.1, 0.15) is 48.0 Å². The molecule has 116 valence electrons. The van der Waals surface area contributed by atoms with E-state index in [0.717, 1.165) is 6.54 Å². The van der Waals surface area contributed by atoms with Crippen molar-refractivity contribution in [2.24, 2.45) is 5.92 Å². The lowest BCUT2D eigenvalue weighted by Gasteiger charge is -2.11. The summed E-state index contributed by atoms with van der Waals surface area (Å²) in [6.45, 7) is 12.3. The lowest BCUT2D eigenvalue weighted by Crippen LogP contribution is -2.19. The van der Waals surface area contributed by atoms with E-state index >= 15 is 0 Å². The van der Waals surface area contributed by atoms with E-state index in [1.54, 1.807) is 0 Å². The van der Waals surface area contributed by atoms with Crippen molar-refractivity contribution in [1.82, 2.24) is 15.5 Å². The van der Waals surface area contributed by atoms with Crippen molar-refractivity contribution >= 4 is 17.4 Å². The molecule has 0 saturated carbocycles. The first-order valence-corrected chi connectivity index (χ1v) is 8.14. The van der Waals surface area contributed by atoms with Gasteiger partial charge in [0.2, 0.25) is 5.89 Å². The topological polar surface area (TPSA) is 63.0 Å². The number of thiophene rings is 1. The van der Waals surface area contributed by atoms with Gasteiger partial charge >= 0.3 is 6.01 Å². The zero-order chi connectivity index (χ0) is 15.4. The second-order valence-electron chi connectivity index (χ2n) is 5.76. The Morgan fingerprint density at radius 1 is 1.24 bits per heavy atom. The smallest absolute Gasteiger partial charge is 0.315 e. The van der Waals surface area contributed by atoms with Crippen LogP contribution in [0, 0.1) is 19.8 Å². The summed E-state index contributed by atoms with van der Waals surface area (Å²) in [6.07, 6.45) is 0. The van der Waals surface area contributed by atoms with Crippen LogP contribution in [0.4, 0.5) is 6.01 Å². The van der Waals surface area contributed by atoms with Crippen molar-refractivity contribution in [2.75, 3.05) is 11.9 Å². The van der Waals surface area contributed by atoms with Crippen LogP contribution in [0.25, 0.3) is 0 Å². The summed E-state index contributed by atoms with van der Waals surface area (Å²) >= 11 is 1.81. The molecule has 0 fully saturated rings. The van der Waals surface area contributed by atoms with Gasteiger partial charge in [-0.1, -0.05) is 18.9 Å². The molecule has 2 N–H and O–H groups in total. The fourth-order valence-electron chi connectivity index (χ4n) is 2.19. The molecule has 1 unspecified atom stereocenters. The van der Waals surface area contributed by atoms with Crippen LogP contribution in [0.5, 0.6) is 0 Å². The SMILES string of the molecule is Cc1cc(C(C)Nc2nnc(CNCC(C)C)o2)c(C)s1. The minimum atomic E-state index is 0.159. The Balaban J connectivity index is 1.91. The van der Waals surface area contributed by atoms with Crippen molar-refractivity contribution < 1.29 is 4.42 Å². The molecule has 0 aliphatic heterocycles. The van der Waals surface area contributed by atoms with E-state index in [4.69, 9.17) is 4.42 Å². The lowest BCUT2D eigenvalue weighted by atomic mass is 10.1. The third-order valence-electron chi connectivity index (χ3n) is 3.18. The maximum atomic E-state index is 5.61. The highest BCUT2D eigenvalue weighted by atomic mass is 32.1. The van der Waals surface area contributed by atoms with E-state index < -0.39 is 0 Å². The number of nitrogens with one attached hydrogen (secondary N) is 2. The fraction of sp³-hybridized carbons (Fsp3) is 0.600. The zero-order valence-corrected chi connectivity index (χ0v) is 14.2. The maximum Gasteiger partial charge on any atom is 0.315 e. The van der Waals surface area contributed by atoms with Crippen molar-refractivity contribution in [1.29, 1.82) is 0 Å². The summed E-state index contributed by atoms with van der Waals surface area (Å²) in [4.78, 5) is 2.64. The van der Waals surface area contributed by atoms with Gasteiger partial charge in [-0.25, -0.2) is 0 Å². The van der Waals surface area contributed by atoms with Crippen LogP contribution in [0.2, 0.25) is 0 Å². The number of nitrogens with zero attached hydrogens (tertiary/aromatic N) is 2. The largest absolute Gasteiger partial charge is 0.407 e. The molecule has 0 amide bonds. The van der Waals surface area contributed by atoms with Crippen LogP contribution >= 0.6 is 11.3 Å². The standard InChI is InChI=1S/C15H24N4OS/c1-9(2)7-16-8-14-18-19-15(20-14)17-11(4)13-6-10(3)21-12(13)5/h6,9,11,16H,7-8H2,1-5H3,(H,17,19). The van der Waals surface area contributed by atoms with Crippen LogP contribution < -0.4 is 10.6 Å². The molecule has 2 aromatic rings. The molecule has 2 rings (SSSR count). The summed E-state index contributed by atoms with van der Waals surface area (Å²) in [5, 5.41) is 14.7. The number of aromatic nitrogens is 2. The van der Waals surface area contributed by atoms with Crippen molar-refractivity contribution in [3.05, 3.63) is 27.3 Å². The van der Waals surface area contributed by atoms with Crippen LogP contribution in [-0.4, -0.2) is 16.7 Å². The number of hydrogen-bond donors (Lipinski definition) is 2. The first-order valence-electron chi connectivity index (χ1n) is 7.32. The molecule has 0 aliphatic carbocycles. The predicted molar refractivity (Wildman–Crippen MR) is 86.7 cm³/mol. The van der Waals surface area contributed by atoms with Gasteiger partial charge in [0.15, 0.2) is 0 Å². The van der Waals surface area contributed by atoms with Gasteiger partial charge in [0.1, 0.15) is 0 Å². The normalized spacial score (nSPS) is 12.9. The summed E-state index contributed by atoms with van der Waals surface area (Å²) < 4.78 is 5.61.